The van der Waals surface area contributed by atoms with E-state index >= 15 is 0 Å². The average Bonchev–Trinajstić information content (AvgIpc) is 3.41. The molecule has 2 amide bonds. The van der Waals surface area contributed by atoms with Crippen molar-refractivity contribution in [3.63, 3.8) is 0 Å². The van der Waals surface area contributed by atoms with Crippen LogP contribution in [-0.4, -0.2) is 26.6 Å². The summed E-state index contributed by atoms with van der Waals surface area (Å²) < 4.78 is 56.5. The second-order valence-electron chi connectivity index (χ2n) is 7.02. The molecule has 7 nitrogen and oxygen atoms in total. The number of rotatable bonds is 5. The number of benzene rings is 2. The molecule has 0 radical (unpaired) electrons. The van der Waals surface area contributed by atoms with E-state index in [1.54, 1.807) is 18.2 Å². The first-order chi connectivity index (χ1) is 16.1. The first-order valence-electron chi connectivity index (χ1n) is 9.68. The van der Waals surface area contributed by atoms with Crippen LogP contribution in [-0.2, 0) is 11.0 Å². The molecule has 4 rings (SSSR count). The van der Waals surface area contributed by atoms with E-state index in [1.807, 2.05) is 0 Å². The standard InChI is InChI=1S/C22H15F4N5O2S/c1-12(32)28-13-7-8-15(17(23)9-13)18-11-34-21(29-18)30-20(33)16-10-27-31(19(16)22(24,25)26)14-5-3-2-4-6-14/h2-11H,1H3,(H,28,32)(H,29,30,33). The van der Waals surface area contributed by atoms with Gasteiger partial charge in [0.15, 0.2) is 10.8 Å². The van der Waals surface area contributed by atoms with E-state index in [1.165, 1.54) is 36.6 Å². The number of nitrogens with one attached hydrogen (secondary N) is 2. The van der Waals surface area contributed by atoms with Gasteiger partial charge in [-0.3, -0.25) is 14.9 Å². The Morgan fingerprint density at radius 3 is 2.44 bits per heavy atom. The summed E-state index contributed by atoms with van der Waals surface area (Å²) in [5.74, 6) is -2.09. The second kappa shape index (κ2) is 9.06. The molecule has 2 heterocycles. The minimum Gasteiger partial charge on any atom is -0.326 e. The summed E-state index contributed by atoms with van der Waals surface area (Å²) in [6, 6.07) is 11.6. The molecule has 0 saturated heterocycles. The summed E-state index contributed by atoms with van der Waals surface area (Å²) >= 11 is 0.920. The number of carbonyl (C=O) groups excluding carboxylic acids is 2. The van der Waals surface area contributed by atoms with Crippen LogP contribution in [0.1, 0.15) is 23.0 Å². The zero-order valence-corrected chi connectivity index (χ0v) is 18.2. The Labute approximate surface area is 194 Å². The van der Waals surface area contributed by atoms with Gasteiger partial charge in [0, 0.05) is 23.6 Å². The van der Waals surface area contributed by atoms with Gasteiger partial charge in [0.1, 0.15) is 5.82 Å². The van der Waals surface area contributed by atoms with Gasteiger partial charge in [-0.05, 0) is 30.3 Å². The lowest BCUT2D eigenvalue weighted by Crippen LogP contribution is -2.20. The normalized spacial score (nSPS) is 11.3. The van der Waals surface area contributed by atoms with E-state index in [2.05, 4.69) is 20.7 Å². The fraction of sp³-hybridized carbons (Fsp3) is 0.0909. The molecule has 174 valence electrons. The first-order valence-corrected chi connectivity index (χ1v) is 10.6. The maximum Gasteiger partial charge on any atom is 0.434 e. The zero-order valence-electron chi connectivity index (χ0n) is 17.4. The molecule has 0 fully saturated rings. The number of hydrogen-bond donors (Lipinski definition) is 2. The van der Waals surface area contributed by atoms with Gasteiger partial charge in [0.05, 0.1) is 23.1 Å². The highest BCUT2D eigenvalue weighted by atomic mass is 32.1. The number of para-hydroxylation sites is 1. The monoisotopic (exact) mass is 489 g/mol. The minimum atomic E-state index is -4.86. The Balaban J connectivity index is 1.59. The van der Waals surface area contributed by atoms with Crippen LogP contribution < -0.4 is 10.6 Å². The summed E-state index contributed by atoms with van der Waals surface area (Å²) in [4.78, 5) is 27.9. The Morgan fingerprint density at radius 2 is 1.79 bits per heavy atom. The largest absolute Gasteiger partial charge is 0.434 e. The fourth-order valence-corrected chi connectivity index (χ4v) is 3.88. The van der Waals surface area contributed by atoms with Crippen molar-refractivity contribution in [2.24, 2.45) is 0 Å². The highest BCUT2D eigenvalue weighted by molar-refractivity contribution is 7.14. The lowest BCUT2D eigenvalue weighted by molar-refractivity contribution is -0.143. The van der Waals surface area contributed by atoms with Crippen LogP contribution in [0.3, 0.4) is 0 Å². The lowest BCUT2D eigenvalue weighted by atomic mass is 10.1. The van der Waals surface area contributed by atoms with Crippen molar-refractivity contribution in [2.45, 2.75) is 13.1 Å². The molecule has 0 atom stereocenters. The van der Waals surface area contributed by atoms with E-state index in [0.717, 1.165) is 23.6 Å². The molecule has 2 aromatic carbocycles. The van der Waals surface area contributed by atoms with Gasteiger partial charge in [-0.25, -0.2) is 14.1 Å². The lowest BCUT2D eigenvalue weighted by Gasteiger charge is -2.12. The highest BCUT2D eigenvalue weighted by Gasteiger charge is 2.40. The molecular weight excluding hydrogens is 474 g/mol. The van der Waals surface area contributed by atoms with Gasteiger partial charge in [-0.2, -0.15) is 18.3 Å². The van der Waals surface area contributed by atoms with Crippen LogP contribution in [0.25, 0.3) is 16.9 Å². The number of amides is 2. The third kappa shape index (κ3) is 4.81. The van der Waals surface area contributed by atoms with Crippen LogP contribution in [0.15, 0.2) is 60.1 Å². The molecule has 0 aliphatic rings. The summed E-state index contributed by atoms with van der Waals surface area (Å²) in [5, 5.41) is 9.94. The van der Waals surface area contributed by atoms with Crippen molar-refractivity contribution in [1.82, 2.24) is 14.8 Å². The fourth-order valence-electron chi connectivity index (χ4n) is 3.18. The third-order valence-electron chi connectivity index (χ3n) is 4.57. The quantitative estimate of drug-likeness (QED) is 0.369. The first kappa shape index (κ1) is 23.1. The van der Waals surface area contributed by atoms with Gasteiger partial charge in [-0.15, -0.1) is 11.3 Å². The van der Waals surface area contributed by atoms with Crippen LogP contribution in [0, 0.1) is 5.82 Å². The topological polar surface area (TPSA) is 88.9 Å². The molecule has 0 aliphatic carbocycles. The van der Waals surface area contributed by atoms with Gasteiger partial charge >= 0.3 is 6.18 Å². The molecule has 2 N–H and O–H groups in total. The predicted molar refractivity (Wildman–Crippen MR) is 118 cm³/mol. The summed E-state index contributed by atoms with van der Waals surface area (Å²) in [6.07, 6.45) is -4.02. The number of hydrogen-bond acceptors (Lipinski definition) is 5. The van der Waals surface area contributed by atoms with Gasteiger partial charge in [0.25, 0.3) is 5.91 Å². The molecular formula is C22H15F4N5O2S. The molecule has 4 aromatic rings. The molecule has 0 saturated carbocycles. The minimum absolute atomic E-state index is 0.0223. The van der Waals surface area contributed by atoms with Crippen molar-refractivity contribution in [3.05, 3.63) is 77.2 Å². The molecule has 0 spiro atoms. The number of alkyl halides is 3. The number of nitrogens with zero attached hydrogens (tertiary/aromatic N) is 3. The summed E-state index contributed by atoms with van der Waals surface area (Å²) in [7, 11) is 0. The van der Waals surface area contributed by atoms with Crippen molar-refractivity contribution < 1.29 is 27.2 Å². The number of thiazole rings is 1. The molecule has 0 aliphatic heterocycles. The molecule has 0 bridgehead atoms. The van der Waals surface area contributed by atoms with E-state index in [9.17, 15) is 27.2 Å². The number of anilines is 2. The van der Waals surface area contributed by atoms with E-state index in [4.69, 9.17) is 0 Å². The third-order valence-corrected chi connectivity index (χ3v) is 5.33. The van der Waals surface area contributed by atoms with Crippen LogP contribution >= 0.6 is 11.3 Å². The Bertz CT molecular complexity index is 1370. The van der Waals surface area contributed by atoms with E-state index in [0.29, 0.717) is 4.68 Å². The van der Waals surface area contributed by atoms with Crippen molar-refractivity contribution in [2.75, 3.05) is 10.6 Å². The average molecular weight is 489 g/mol. The molecule has 12 heteroatoms. The summed E-state index contributed by atoms with van der Waals surface area (Å²) in [5.41, 5.74) is -1.25. The smallest absolute Gasteiger partial charge is 0.326 e. The van der Waals surface area contributed by atoms with Crippen LogP contribution in [0.4, 0.5) is 28.4 Å². The van der Waals surface area contributed by atoms with E-state index < -0.39 is 29.2 Å². The Kier molecular flexibility index (Phi) is 6.16. The van der Waals surface area contributed by atoms with Gasteiger partial charge < -0.3 is 5.32 Å². The number of carbonyl (C=O) groups is 2. The maximum atomic E-state index is 14.5. The maximum absolute atomic E-state index is 14.5. The molecule has 34 heavy (non-hydrogen) atoms. The van der Waals surface area contributed by atoms with Crippen molar-refractivity contribution in [3.8, 4) is 16.9 Å². The summed E-state index contributed by atoms with van der Waals surface area (Å²) in [6.45, 7) is 1.29. The number of halogens is 4. The second-order valence-corrected chi connectivity index (χ2v) is 7.88. The Hall–Kier alpha value is -4.06. The van der Waals surface area contributed by atoms with Crippen molar-refractivity contribution >= 4 is 34.0 Å². The Morgan fingerprint density at radius 1 is 1.06 bits per heavy atom. The highest BCUT2D eigenvalue weighted by Crippen LogP contribution is 2.34. The molecule has 2 aromatic heterocycles. The van der Waals surface area contributed by atoms with E-state index in [-0.39, 0.29) is 33.7 Å². The SMILES string of the molecule is CC(=O)Nc1ccc(-c2csc(NC(=O)c3cnn(-c4ccccc4)c3C(F)(F)F)n2)c(F)c1. The predicted octanol–water partition coefficient (Wildman–Crippen LogP) is 5.36. The van der Waals surface area contributed by atoms with Crippen molar-refractivity contribution in [1.29, 1.82) is 0 Å². The van der Waals surface area contributed by atoms with Crippen LogP contribution in [0.2, 0.25) is 0 Å². The van der Waals surface area contributed by atoms with Gasteiger partial charge in [-0.1, -0.05) is 18.2 Å². The molecule has 0 unspecified atom stereocenters. The zero-order chi connectivity index (χ0) is 24.5. The van der Waals surface area contributed by atoms with Crippen LogP contribution in [0.5, 0.6) is 0 Å². The van der Waals surface area contributed by atoms with Gasteiger partial charge in [0.2, 0.25) is 5.91 Å². The number of aromatic nitrogens is 3.